The van der Waals surface area contributed by atoms with Crippen molar-refractivity contribution in [2.75, 3.05) is 11.9 Å². The van der Waals surface area contributed by atoms with E-state index in [9.17, 15) is 13.9 Å². The minimum atomic E-state index is -0.768. The van der Waals surface area contributed by atoms with E-state index in [0.29, 0.717) is 0 Å². The summed E-state index contributed by atoms with van der Waals surface area (Å²) in [6.07, 6.45) is 0. The molecule has 2 rings (SSSR count). The second-order valence-corrected chi connectivity index (χ2v) is 4.41. The SMILES string of the molecule is OCC(Nc1ccccc1F)c1cccc(Cl)c1F. The summed E-state index contributed by atoms with van der Waals surface area (Å²) >= 11 is 5.69. The molecule has 1 atom stereocenters. The number of benzene rings is 2. The largest absolute Gasteiger partial charge is 0.394 e. The van der Waals surface area contributed by atoms with Gasteiger partial charge >= 0.3 is 0 Å². The lowest BCUT2D eigenvalue weighted by atomic mass is 10.1. The summed E-state index contributed by atoms with van der Waals surface area (Å²) in [4.78, 5) is 0. The summed E-state index contributed by atoms with van der Waals surface area (Å²) < 4.78 is 27.4. The van der Waals surface area contributed by atoms with Crippen LogP contribution >= 0.6 is 11.6 Å². The molecule has 19 heavy (non-hydrogen) atoms. The predicted octanol–water partition coefficient (Wildman–Crippen LogP) is 3.76. The van der Waals surface area contributed by atoms with Crippen molar-refractivity contribution in [2.45, 2.75) is 6.04 Å². The number of para-hydroxylation sites is 1. The molecule has 2 aromatic carbocycles. The van der Waals surface area contributed by atoms with Crippen molar-refractivity contribution in [3.63, 3.8) is 0 Å². The Morgan fingerprint density at radius 3 is 2.53 bits per heavy atom. The monoisotopic (exact) mass is 283 g/mol. The van der Waals surface area contributed by atoms with Crippen LogP contribution in [0.2, 0.25) is 5.02 Å². The standard InChI is InChI=1S/C14H12ClF2NO/c15-10-5-3-4-9(14(10)17)13(8-19)18-12-7-2-1-6-11(12)16/h1-7,13,18-19H,8H2. The Morgan fingerprint density at radius 1 is 1.11 bits per heavy atom. The summed E-state index contributed by atoms with van der Waals surface area (Å²) in [5, 5.41) is 12.1. The smallest absolute Gasteiger partial charge is 0.147 e. The summed E-state index contributed by atoms with van der Waals surface area (Å²) in [6.45, 7) is -0.383. The van der Waals surface area contributed by atoms with Gasteiger partial charge in [-0.25, -0.2) is 8.78 Å². The van der Waals surface area contributed by atoms with Crippen LogP contribution in [0.25, 0.3) is 0 Å². The van der Waals surface area contributed by atoms with Crippen LogP contribution in [-0.4, -0.2) is 11.7 Å². The van der Waals surface area contributed by atoms with Gasteiger partial charge in [0.1, 0.15) is 11.6 Å². The minimum Gasteiger partial charge on any atom is -0.394 e. The Bertz CT molecular complexity index is 577. The molecule has 1 unspecified atom stereocenters. The molecule has 2 aromatic rings. The van der Waals surface area contributed by atoms with Crippen LogP contribution in [0.3, 0.4) is 0 Å². The zero-order valence-electron chi connectivity index (χ0n) is 9.91. The Kier molecular flexibility index (Phi) is 4.35. The zero-order valence-corrected chi connectivity index (χ0v) is 10.7. The third-order valence-electron chi connectivity index (χ3n) is 2.74. The van der Waals surface area contributed by atoms with E-state index in [1.54, 1.807) is 18.2 Å². The molecule has 100 valence electrons. The van der Waals surface area contributed by atoms with E-state index in [0.717, 1.165) is 0 Å². The van der Waals surface area contributed by atoms with Gasteiger partial charge in [-0.2, -0.15) is 0 Å². The number of hydrogen-bond donors (Lipinski definition) is 2. The minimum absolute atomic E-state index is 0.0358. The average molecular weight is 284 g/mol. The molecule has 0 heterocycles. The van der Waals surface area contributed by atoms with E-state index < -0.39 is 17.7 Å². The van der Waals surface area contributed by atoms with Crippen molar-refractivity contribution in [1.29, 1.82) is 0 Å². The maximum Gasteiger partial charge on any atom is 0.147 e. The van der Waals surface area contributed by atoms with Crippen molar-refractivity contribution < 1.29 is 13.9 Å². The molecular weight excluding hydrogens is 272 g/mol. The van der Waals surface area contributed by atoms with Gasteiger partial charge in [-0.05, 0) is 18.2 Å². The first-order valence-corrected chi connectivity index (χ1v) is 6.07. The summed E-state index contributed by atoms with van der Waals surface area (Å²) in [5.41, 5.74) is 0.388. The van der Waals surface area contributed by atoms with Crippen molar-refractivity contribution in [1.82, 2.24) is 0 Å². The molecule has 0 radical (unpaired) electrons. The molecule has 5 heteroatoms. The normalized spacial score (nSPS) is 12.2. The van der Waals surface area contributed by atoms with Crippen LogP contribution in [0.1, 0.15) is 11.6 Å². The molecule has 0 amide bonds. The number of nitrogens with one attached hydrogen (secondary N) is 1. The zero-order chi connectivity index (χ0) is 13.8. The number of rotatable bonds is 4. The Hall–Kier alpha value is -1.65. The second kappa shape index (κ2) is 5.99. The third-order valence-corrected chi connectivity index (χ3v) is 3.03. The maximum atomic E-state index is 13.9. The van der Waals surface area contributed by atoms with Crippen molar-refractivity contribution in [2.24, 2.45) is 0 Å². The fourth-order valence-electron chi connectivity index (χ4n) is 1.78. The fourth-order valence-corrected chi connectivity index (χ4v) is 1.96. The van der Waals surface area contributed by atoms with Gasteiger partial charge in [0.05, 0.1) is 23.4 Å². The van der Waals surface area contributed by atoms with Crippen LogP contribution in [0.4, 0.5) is 14.5 Å². The van der Waals surface area contributed by atoms with Gasteiger partial charge in [0.2, 0.25) is 0 Å². The van der Waals surface area contributed by atoms with E-state index in [1.807, 2.05) is 0 Å². The van der Waals surface area contributed by atoms with Crippen molar-refractivity contribution >= 4 is 17.3 Å². The molecule has 0 aliphatic carbocycles. The highest BCUT2D eigenvalue weighted by Crippen LogP contribution is 2.26. The Morgan fingerprint density at radius 2 is 1.84 bits per heavy atom. The topological polar surface area (TPSA) is 32.3 Å². The lowest BCUT2D eigenvalue weighted by Gasteiger charge is -2.19. The number of aliphatic hydroxyl groups is 1. The first kappa shape index (κ1) is 13.8. The van der Waals surface area contributed by atoms with E-state index in [2.05, 4.69) is 5.32 Å². The number of anilines is 1. The van der Waals surface area contributed by atoms with E-state index in [4.69, 9.17) is 11.6 Å². The van der Waals surface area contributed by atoms with Crippen LogP contribution < -0.4 is 5.32 Å². The summed E-state index contributed by atoms with van der Waals surface area (Å²) in [7, 11) is 0. The van der Waals surface area contributed by atoms with Crippen LogP contribution in [-0.2, 0) is 0 Å². The van der Waals surface area contributed by atoms with Crippen LogP contribution in [0.15, 0.2) is 42.5 Å². The van der Waals surface area contributed by atoms with E-state index in [1.165, 1.54) is 24.3 Å². The molecule has 0 aromatic heterocycles. The number of hydrogen-bond acceptors (Lipinski definition) is 2. The molecule has 0 saturated carbocycles. The van der Waals surface area contributed by atoms with Gasteiger partial charge in [0, 0.05) is 5.56 Å². The first-order valence-electron chi connectivity index (χ1n) is 5.69. The highest BCUT2D eigenvalue weighted by molar-refractivity contribution is 6.30. The fraction of sp³-hybridized carbons (Fsp3) is 0.143. The summed E-state index contributed by atoms with van der Waals surface area (Å²) in [5.74, 6) is -1.09. The van der Waals surface area contributed by atoms with Crippen molar-refractivity contribution in [3.05, 3.63) is 64.7 Å². The molecule has 0 aliphatic rings. The van der Waals surface area contributed by atoms with Crippen molar-refractivity contribution in [3.8, 4) is 0 Å². The first-order chi connectivity index (χ1) is 9.13. The molecule has 0 spiro atoms. The molecule has 0 aliphatic heterocycles. The number of aliphatic hydroxyl groups excluding tert-OH is 1. The maximum absolute atomic E-state index is 13.9. The molecule has 2 nitrogen and oxygen atoms in total. The molecule has 0 fully saturated rings. The van der Waals surface area contributed by atoms with Gasteiger partial charge in [-0.3, -0.25) is 0 Å². The lowest BCUT2D eigenvalue weighted by Crippen LogP contribution is -2.17. The van der Waals surface area contributed by atoms with Gasteiger partial charge in [-0.1, -0.05) is 35.9 Å². The Labute approximate surface area is 114 Å². The van der Waals surface area contributed by atoms with E-state index in [-0.39, 0.29) is 22.9 Å². The van der Waals surface area contributed by atoms with E-state index >= 15 is 0 Å². The average Bonchev–Trinajstić information content (AvgIpc) is 2.41. The molecule has 2 N–H and O–H groups in total. The summed E-state index contributed by atoms with van der Waals surface area (Å²) in [6, 6.07) is 9.71. The van der Waals surface area contributed by atoms with Crippen LogP contribution in [0, 0.1) is 11.6 Å². The van der Waals surface area contributed by atoms with Gasteiger partial charge in [0.25, 0.3) is 0 Å². The third kappa shape index (κ3) is 3.03. The molecular formula is C14H12ClF2NO. The highest BCUT2D eigenvalue weighted by atomic mass is 35.5. The highest BCUT2D eigenvalue weighted by Gasteiger charge is 2.17. The van der Waals surface area contributed by atoms with Crippen LogP contribution in [0.5, 0.6) is 0 Å². The van der Waals surface area contributed by atoms with Gasteiger partial charge in [0.15, 0.2) is 0 Å². The molecule has 0 saturated heterocycles. The van der Waals surface area contributed by atoms with Gasteiger partial charge < -0.3 is 10.4 Å². The second-order valence-electron chi connectivity index (χ2n) is 4.00. The number of halogens is 3. The quantitative estimate of drug-likeness (QED) is 0.895. The Balaban J connectivity index is 2.31. The predicted molar refractivity (Wildman–Crippen MR) is 71.3 cm³/mol. The van der Waals surface area contributed by atoms with Gasteiger partial charge in [-0.15, -0.1) is 0 Å². The lowest BCUT2D eigenvalue weighted by molar-refractivity contribution is 0.273. The molecule has 0 bridgehead atoms.